The van der Waals surface area contributed by atoms with Crippen LogP contribution in [-0.2, 0) is 11.9 Å². The molecule has 0 amide bonds. The molecular formula is C47H39Br3Cl2N4O5P2. The summed E-state index contributed by atoms with van der Waals surface area (Å²) in [6.07, 6.45) is 3.11. The summed E-state index contributed by atoms with van der Waals surface area (Å²) < 4.78 is 22.9. The van der Waals surface area contributed by atoms with Crippen molar-refractivity contribution in [3.8, 4) is 46.9 Å². The van der Waals surface area contributed by atoms with Crippen LogP contribution in [-0.4, -0.2) is 29.3 Å². The molecule has 9 nitrogen and oxygen atoms in total. The highest BCUT2D eigenvalue weighted by Crippen LogP contribution is 2.41. The number of ether oxygens (including phenoxy) is 4. The summed E-state index contributed by atoms with van der Waals surface area (Å²) in [5, 5.41) is 32.9. The predicted octanol–water partition coefficient (Wildman–Crippen LogP) is 12.5. The molecular weight excluding hydrogens is 1070 g/mol. The van der Waals surface area contributed by atoms with Crippen molar-refractivity contribution in [2.24, 2.45) is 0 Å². The third-order valence-electron chi connectivity index (χ3n) is 8.50. The number of methoxy groups -OCH3 is 2. The maximum absolute atomic E-state index is 9.38. The number of alkyl halides is 1. The fourth-order valence-electron chi connectivity index (χ4n) is 5.60. The van der Waals surface area contributed by atoms with E-state index < -0.39 is 7.92 Å². The Morgan fingerprint density at radius 2 is 1.05 bits per heavy atom. The standard InChI is InChI=1S/C19H17P.C14H9Br2ClN2O2.C14H10BrClN2O3.H3P/c1-16-12-14-19(15-13-16)20(17-8-4-2-5-9-17)18-10-6-3-7-11-18;1-20-14-12(16)13(9(5-15)7-19-14)21-11-3-8(6-18)2-10(17)4-11;1-20-14-12(15)13(9(7-19)6-18-14)21-11-3-8(5-17)2-10(16)4-11;/h2-15H,1H3;2-4,7H,5H2,1H3;2-4,6,19H,7H2,1H3;1H3. The number of hydrogen-bond acceptors (Lipinski definition) is 9. The first-order valence-electron chi connectivity index (χ1n) is 18.4. The van der Waals surface area contributed by atoms with Crippen LogP contribution in [0, 0.1) is 29.6 Å². The minimum Gasteiger partial charge on any atom is -0.480 e. The first-order valence-corrected chi connectivity index (χ1v) is 23.2. The van der Waals surface area contributed by atoms with E-state index in [0.29, 0.717) is 75.8 Å². The third kappa shape index (κ3) is 14.2. The molecule has 0 aliphatic carbocycles. The van der Waals surface area contributed by atoms with E-state index in [2.05, 4.69) is 150 Å². The smallest absolute Gasteiger partial charge is 0.231 e. The van der Waals surface area contributed by atoms with Gasteiger partial charge in [0, 0.05) is 38.9 Å². The number of halogens is 5. The first-order chi connectivity index (χ1) is 30.0. The average molecular weight is 1110 g/mol. The van der Waals surface area contributed by atoms with Gasteiger partial charge in [-0.15, -0.1) is 0 Å². The van der Waals surface area contributed by atoms with E-state index >= 15 is 0 Å². The van der Waals surface area contributed by atoms with Crippen LogP contribution in [0.3, 0.4) is 0 Å². The summed E-state index contributed by atoms with van der Waals surface area (Å²) in [5.41, 5.74) is 3.42. The number of benzene rings is 5. The number of aryl methyl sites for hydroxylation is 1. The maximum atomic E-state index is 9.38. The Morgan fingerprint density at radius 3 is 1.44 bits per heavy atom. The Hall–Kier alpha value is -4.58. The molecule has 7 rings (SSSR count). The molecule has 1 unspecified atom stereocenters. The van der Waals surface area contributed by atoms with E-state index in [1.54, 1.807) is 36.5 Å². The van der Waals surface area contributed by atoms with Crippen molar-refractivity contribution in [1.29, 1.82) is 10.5 Å². The van der Waals surface area contributed by atoms with Gasteiger partial charge in [0.05, 0.1) is 44.1 Å². The molecule has 1 N–H and O–H groups in total. The van der Waals surface area contributed by atoms with Gasteiger partial charge in [0.15, 0.2) is 11.5 Å². The second-order valence-corrected chi connectivity index (χ2v) is 18.0. The van der Waals surface area contributed by atoms with Crippen molar-refractivity contribution in [2.75, 3.05) is 14.2 Å². The van der Waals surface area contributed by atoms with E-state index in [0.717, 1.165) is 5.56 Å². The van der Waals surface area contributed by atoms with Gasteiger partial charge in [-0.1, -0.05) is 130 Å². The van der Waals surface area contributed by atoms with Crippen molar-refractivity contribution >= 4 is 105 Å². The summed E-state index contributed by atoms with van der Waals surface area (Å²) >= 11 is 22.0. The fourth-order valence-corrected chi connectivity index (χ4v) is 9.93. The fraction of sp³-hybridized carbons (Fsp3) is 0.106. The Balaban J connectivity index is 0.000000206. The number of aliphatic hydroxyl groups is 1. The molecule has 2 heterocycles. The van der Waals surface area contributed by atoms with Crippen LogP contribution in [0.4, 0.5) is 0 Å². The lowest BCUT2D eigenvalue weighted by atomic mass is 10.2. The Bertz CT molecular complexity index is 2530. The molecule has 0 bridgehead atoms. The lowest BCUT2D eigenvalue weighted by Gasteiger charge is -2.19. The lowest BCUT2D eigenvalue weighted by Crippen LogP contribution is -2.20. The van der Waals surface area contributed by atoms with Gasteiger partial charge in [0.2, 0.25) is 11.8 Å². The highest BCUT2D eigenvalue weighted by molar-refractivity contribution is 9.11. The molecule has 1 atom stereocenters. The number of nitrogens with zero attached hydrogens (tertiary/aromatic N) is 4. The van der Waals surface area contributed by atoms with Gasteiger partial charge in [-0.05, 0) is 99.0 Å². The zero-order valence-electron chi connectivity index (χ0n) is 34.0. The molecule has 7 aromatic rings. The molecule has 0 aliphatic heterocycles. The quantitative estimate of drug-likeness (QED) is 0.0994. The summed E-state index contributed by atoms with van der Waals surface area (Å²) in [6.45, 7) is 1.88. The predicted molar refractivity (Wildman–Crippen MR) is 269 cm³/mol. The topological polar surface area (TPSA) is 131 Å². The zero-order valence-corrected chi connectivity index (χ0v) is 42.6. The van der Waals surface area contributed by atoms with E-state index in [4.69, 9.17) is 52.7 Å². The third-order valence-corrected chi connectivity index (χ3v) is 13.4. The number of aromatic nitrogens is 2. The summed E-state index contributed by atoms with van der Waals surface area (Å²) in [5.74, 6) is 2.50. The van der Waals surface area contributed by atoms with Gasteiger partial charge in [0.25, 0.3) is 0 Å². The molecule has 2 aromatic heterocycles. The minimum atomic E-state index is -0.458. The molecule has 0 spiro atoms. The van der Waals surface area contributed by atoms with Crippen LogP contribution in [0.5, 0.6) is 34.8 Å². The zero-order chi connectivity index (χ0) is 44.6. The van der Waals surface area contributed by atoms with Crippen molar-refractivity contribution in [1.82, 2.24) is 9.97 Å². The molecule has 322 valence electrons. The monoisotopic (exact) mass is 1110 g/mol. The van der Waals surface area contributed by atoms with Gasteiger partial charge in [-0.25, -0.2) is 9.97 Å². The lowest BCUT2D eigenvalue weighted by molar-refractivity contribution is 0.274. The van der Waals surface area contributed by atoms with Crippen molar-refractivity contribution in [3.05, 3.63) is 181 Å². The van der Waals surface area contributed by atoms with Gasteiger partial charge in [-0.2, -0.15) is 20.4 Å². The second kappa shape index (κ2) is 25.6. The normalized spacial score (nSPS) is 10.1. The van der Waals surface area contributed by atoms with Gasteiger partial charge in [0.1, 0.15) is 20.4 Å². The van der Waals surface area contributed by atoms with E-state index in [-0.39, 0.29) is 16.5 Å². The number of hydrogen-bond donors (Lipinski definition) is 1. The first kappa shape index (κ1) is 51.1. The molecule has 0 saturated carbocycles. The van der Waals surface area contributed by atoms with E-state index in [1.165, 1.54) is 48.0 Å². The second-order valence-electron chi connectivity index (χ2n) is 12.8. The van der Waals surface area contributed by atoms with Crippen LogP contribution in [0.15, 0.2) is 143 Å². The SMILES string of the molecule is COc1ncc(CBr)c(Oc2cc(Cl)cc(C#N)c2)c1Br.COc1ncc(CO)c(Oc2cc(Cl)cc(C#N)c2)c1Br.Cc1ccc(P(c2ccccc2)c2ccccc2)cc1.P. The van der Waals surface area contributed by atoms with E-state index in [1.807, 2.05) is 12.1 Å². The van der Waals surface area contributed by atoms with Gasteiger partial charge < -0.3 is 24.1 Å². The van der Waals surface area contributed by atoms with Crippen molar-refractivity contribution in [2.45, 2.75) is 18.9 Å². The summed E-state index contributed by atoms with van der Waals surface area (Å²) in [4.78, 5) is 8.20. The number of pyridine rings is 2. The van der Waals surface area contributed by atoms with Crippen molar-refractivity contribution in [3.63, 3.8) is 0 Å². The maximum Gasteiger partial charge on any atom is 0.231 e. The highest BCUT2D eigenvalue weighted by atomic mass is 79.9. The van der Waals surface area contributed by atoms with Crippen molar-refractivity contribution < 1.29 is 24.1 Å². The molecule has 16 heteroatoms. The summed E-state index contributed by atoms with van der Waals surface area (Å²) in [7, 11) is 2.54. The van der Waals surface area contributed by atoms with Gasteiger partial charge in [-0.3, -0.25) is 0 Å². The van der Waals surface area contributed by atoms with Crippen LogP contribution in [0.2, 0.25) is 10.0 Å². The molecule has 63 heavy (non-hydrogen) atoms. The molecule has 0 saturated heterocycles. The largest absolute Gasteiger partial charge is 0.480 e. The van der Waals surface area contributed by atoms with E-state index in [9.17, 15) is 5.11 Å². The molecule has 0 aliphatic rings. The Labute approximate surface area is 406 Å². The number of nitriles is 2. The molecule has 5 aromatic carbocycles. The Kier molecular flexibility index (Phi) is 20.8. The van der Waals surface area contributed by atoms with Crippen LogP contribution < -0.4 is 34.9 Å². The Morgan fingerprint density at radius 1 is 0.635 bits per heavy atom. The molecule has 0 radical (unpaired) electrons. The highest BCUT2D eigenvalue weighted by Gasteiger charge is 2.18. The summed E-state index contributed by atoms with van der Waals surface area (Å²) in [6, 6.07) is 44.1. The number of rotatable bonds is 11. The average Bonchev–Trinajstić information content (AvgIpc) is 3.29. The molecule has 0 fully saturated rings. The van der Waals surface area contributed by atoms with Crippen LogP contribution in [0.25, 0.3) is 0 Å². The minimum absolute atomic E-state index is 0. The van der Waals surface area contributed by atoms with Crippen LogP contribution >= 0.6 is 88.8 Å². The van der Waals surface area contributed by atoms with Crippen LogP contribution in [0.1, 0.15) is 27.8 Å². The van der Waals surface area contributed by atoms with Gasteiger partial charge >= 0.3 is 0 Å². The number of aliphatic hydroxyl groups excluding tert-OH is 1.